The van der Waals surface area contributed by atoms with Gasteiger partial charge in [-0.2, -0.15) is 5.10 Å². The number of aryl methyl sites for hydroxylation is 2. The Bertz CT molecular complexity index is 794. The van der Waals surface area contributed by atoms with Gasteiger partial charge in [-0.25, -0.2) is 0 Å². The van der Waals surface area contributed by atoms with E-state index in [2.05, 4.69) is 15.4 Å². The number of amides is 1. The van der Waals surface area contributed by atoms with Gasteiger partial charge in [0.05, 0.1) is 6.20 Å². The third-order valence-electron chi connectivity index (χ3n) is 3.84. The molecular weight excluding hydrogens is 300 g/mol. The fourth-order valence-corrected chi connectivity index (χ4v) is 2.50. The van der Waals surface area contributed by atoms with Gasteiger partial charge < -0.3 is 5.32 Å². The van der Waals surface area contributed by atoms with Crippen LogP contribution in [0, 0.1) is 0 Å². The van der Waals surface area contributed by atoms with E-state index >= 15 is 0 Å². The van der Waals surface area contributed by atoms with Gasteiger partial charge in [-0.3, -0.25) is 14.5 Å². The molecule has 0 aliphatic carbocycles. The van der Waals surface area contributed by atoms with Gasteiger partial charge in [0, 0.05) is 38.6 Å². The Morgan fingerprint density at radius 2 is 1.92 bits per heavy atom. The molecule has 3 rings (SSSR count). The van der Waals surface area contributed by atoms with E-state index in [1.54, 1.807) is 17.1 Å². The summed E-state index contributed by atoms with van der Waals surface area (Å²) in [6.07, 6.45) is 8.52. The second-order valence-corrected chi connectivity index (χ2v) is 5.74. The minimum absolute atomic E-state index is 0.0511. The lowest BCUT2D eigenvalue weighted by atomic mass is 10.1. The number of carbonyl (C=O) groups excluding carboxylic acids is 1. The maximum atomic E-state index is 11.9. The Hall–Kier alpha value is -2.95. The summed E-state index contributed by atoms with van der Waals surface area (Å²) in [4.78, 5) is 16.1. The van der Waals surface area contributed by atoms with E-state index in [1.165, 1.54) is 0 Å². The third-order valence-corrected chi connectivity index (χ3v) is 3.84. The van der Waals surface area contributed by atoms with Crippen molar-refractivity contribution in [2.45, 2.75) is 19.4 Å². The molecule has 0 fully saturated rings. The molecule has 5 nitrogen and oxygen atoms in total. The fraction of sp³-hybridized carbons (Fsp3) is 0.211. The lowest BCUT2D eigenvalue weighted by Gasteiger charge is -2.06. The Morgan fingerprint density at radius 1 is 1.08 bits per heavy atom. The number of carbonyl (C=O) groups is 1. The fourth-order valence-electron chi connectivity index (χ4n) is 2.50. The summed E-state index contributed by atoms with van der Waals surface area (Å²) in [5, 5.41) is 7.06. The van der Waals surface area contributed by atoms with Gasteiger partial charge in [0.15, 0.2) is 0 Å². The van der Waals surface area contributed by atoms with E-state index in [0.29, 0.717) is 19.4 Å². The molecule has 0 bridgehead atoms. The highest BCUT2D eigenvalue weighted by Crippen LogP contribution is 2.18. The lowest BCUT2D eigenvalue weighted by molar-refractivity contribution is -0.121. The molecule has 0 atom stereocenters. The number of nitrogens with zero attached hydrogens (tertiary/aromatic N) is 3. The van der Waals surface area contributed by atoms with Crippen molar-refractivity contribution in [1.29, 1.82) is 0 Å². The van der Waals surface area contributed by atoms with Crippen molar-refractivity contribution in [2.75, 3.05) is 0 Å². The number of hydrogen-bond donors (Lipinski definition) is 1. The molecule has 5 heteroatoms. The molecule has 0 spiro atoms. The lowest BCUT2D eigenvalue weighted by Crippen LogP contribution is -2.22. The second-order valence-electron chi connectivity index (χ2n) is 5.74. The van der Waals surface area contributed by atoms with E-state index in [-0.39, 0.29) is 5.91 Å². The zero-order valence-electron chi connectivity index (χ0n) is 13.6. The molecule has 24 heavy (non-hydrogen) atoms. The van der Waals surface area contributed by atoms with Crippen molar-refractivity contribution in [2.24, 2.45) is 7.05 Å². The van der Waals surface area contributed by atoms with Gasteiger partial charge >= 0.3 is 0 Å². The van der Waals surface area contributed by atoms with Crippen molar-refractivity contribution >= 4 is 5.91 Å². The minimum Gasteiger partial charge on any atom is -0.352 e. The number of hydrogen-bond acceptors (Lipinski definition) is 3. The Kier molecular flexibility index (Phi) is 5.01. The van der Waals surface area contributed by atoms with Crippen molar-refractivity contribution < 1.29 is 4.79 Å². The zero-order chi connectivity index (χ0) is 16.8. The molecule has 3 aromatic rings. The maximum absolute atomic E-state index is 11.9. The Labute approximate surface area is 141 Å². The quantitative estimate of drug-likeness (QED) is 0.760. The first-order valence-corrected chi connectivity index (χ1v) is 7.94. The van der Waals surface area contributed by atoms with Crippen molar-refractivity contribution in [3.8, 4) is 11.1 Å². The summed E-state index contributed by atoms with van der Waals surface area (Å²) in [5.41, 5.74) is 4.37. The van der Waals surface area contributed by atoms with Crippen LogP contribution in [0.2, 0.25) is 0 Å². The summed E-state index contributed by atoms with van der Waals surface area (Å²) in [5.74, 6) is 0.0511. The van der Waals surface area contributed by atoms with Crippen LogP contribution in [-0.2, 0) is 24.8 Å². The molecule has 0 saturated carbocycles. The van der Waals surface area contributed by atoms with Crippen LogP contribution >= 0.6 is 0 Å². The second kappa shape index (κ2) is 7.55. The molecule has 122 valence electrons. The third kappa shape index (κ3) is 4.29. The predicted molar refractivity (Wildman–Crippen MR) is 93.0 cm³/mol. The van der Waals surface area contributed by atoms with Crippen molar-refractivity contribution in [3.63, 3.8) is 0 Å². The SMILES string of the molecule is Cn1cc(CCC(=O)NCc2ccc(-c3cccnc3)cc2)cn1. The minimum atomic E-state index is 0.0511. The van der Waals surface area contributed by atoms with Crippen LogP contribution in [-0.4, -0.2) is 20.7 Å². The van der Waals surface area contributed by atoms with E-state index in [9.17, 15) is 4.79 Å². The first kappa shape index (κ1) is 15.9. The number of nitrogens with one attached hydrogen (secondary N) is 1. The monoisotopic (exact) mass is 320 g/mol. The maximum Gasteiger partial charge on any atom is 0.220 e. The van der Waals surface area contributed by atoms with Crippen molar-refractivity contribution in [3.05, 3.63) is 72.3 Å². The summed E-state index contributed by atoms with van der Waals surface area (Å²) in [6, 6.07) is 12.1. The highest BCUT2D eigenvalue weighted by Gasteiger charge is 2.04. The first-order chi connectivity index (χ1) is 11.7. The smallest absolute Gasteiger partial charge is 0.220 e. The predicted octanol–water partition coefficient (Wildman–Crippen LogP) is 2.73. The summed E-state index contributed by atoms with van der Waals surface area (Å²) >= 11 is 0. The first-order valence-electron chi connectivity index (χ1n) is 7.94. The molecular formula is C19H20N4O. The van der Waals surface area contributed by atoms with Crippen LogP contribution in [0.1, 0.15) is 17.5 Å². The van der Waals surface area contributed by atoms with Crippen LogP contribution in [0.15, 0.2) is 61.2 Å². The summed E-state index contributed by atoms with van der Waals surface area (Å²) < 4.78 is 1.75. The molecule has 1 aromatic carbocycles. The standard InChI is InChI=1S/C19H20N4O/c1-23-14-16(12-22-23)6-9-19(24)21-11-15-4-7-17(8-5-15)18-3-2-10-20-13-18/h2-5,7-8,10,12-14H,6,9,11H2,1H3,(H,21,24). The largest absolute Gasteiger partial charge is 0.352 e. The highest BCUT2D eigenvalue weighted by molar-refractivity contribution is 5.76. The number of aromatic nitrogens is 3. The zero-order valence-corrected chi connectivity index (χ0v) is 13.6. The molecule has 1 N–H and O–H groups in total. The van der Waals surface area contributed by atoms with E-state index in [0.717, 1.165) is 22.3 Å². The molecule has 1 amide bonds. The molecule has 2 heterocycles. The highest BCUT2D eigenvalue weighted by atomic mass is 16.1. The number of benzene rings is 1. The Balaban J connectivity index is 1.48. The molecule has 0 aliphatic rings. The van der Waals surface area contributed by atoms with Gasteiger partial charge in [0.2, 0.25) is 5.91 Å². The van der Waals surface area contributed by atoms with Gasteiger partial charge in [0.1, 0.15) is 0 Å². The van der Waals surface area contributed by atoms with E-state index < -0.39 is 0 Å². The van der Waals surface area contributed by atoms with Crippen LogP contribution in [0.5, 0.6) is 0 Å². The van der Waals surface area contributed by atoms with Gasteiger partial charge in [-0.15, -0.1) is 0 Å². The number of pyridine rings is 1. The Morgan fingerprint density at radius 3 is 2.58 bits per heavy atom. The topological polar surface area (TPSA) is 59.8 Å². The number of rotatable bonds is 6. The van der Waals surface area contributed by atoms with Crippen LogP contribution in [0.3, 0.4) is 0 Å². The van der Waals surface area contributed by atoms with Gasteiger partial charge in [-0.1, -0.05) is 30.3 Å². The van der Waals surface area contributed by atoms with Gasteiger partial charge in [0.25, 0.3) is 0 Å². The summed E-state index contributed by atoms with van der Waals surface area (Å²) in [7, 11) is 1.87. The molecule has 2 aromatic heterocycles. The molecule has 0 saturated heterocycles. The normalized spacial score (nSPS) is 10.5. The molecule has 0 aliphatic heterocycles. The van der Waals surface area contributed by atoms with Crippen LogP contribution in [0.25, 0.3) is 11.1 Å². The van der Waals surface area contributed by atoms with Crippen molar-refractivity contribution in [1.82, 2.24) is 20.1 Å². The van der Waals surface area contributed by atoms with E-state index in [1.807, 2.05) is 55.8 Å². The molecule has 0 radical (unpaired) electrons. The average molecular weight is 320 g/mol. The van der Waals surface area contributed by atoms with Crippen LogP contribution in [0.4, 0.5) is 0 Å². The van der Waals surface area contributed by atoms with E-state index in [4.69, 9.17) is 0 Å². The summed E-state index contributed by atoms with van der Waals surface area (Å²) in [6.45, 7) is 0.541. The van der Waals surface area contributed by atoms with Gasteiger partial charge in [-0.05, 0) is 34.7 Å². The molecule has 0 unspecified atom stereocenters. The van der Waals surface area contributed by atoms with Crippen LogP contribution < -0.4 is 5.32 Å². The average Bonchev–Trinajstić information content (AvgIpc) is 3.05.